The molecule has 1 amide bonds. The van der Waals surface area contributed by atoms with Gasteiger partial charge in [-0.3, -0.25) is 9.59 Å². The molecule has 0 aliphatic rings. The van der Waals surface area contributed by atoms with Crippen molar-refractivity contribution in [3.63, 3.8) is 0 Å². The molecule has 0 aliphatic heterocycles. The van der Waals surface area contributed by atoms with Gasteiger partial charge in [-0.1, -0.05) is 30.3 Å². The van der Waals surface area contributed by atoms with E-state index in [1.807, 2.05) is 30.3 Å². The number of hydrogen-bond donors (Lipinski definition) is 2. The van der Waals surface area contributed by atoms with Gasteiger partial charge in [-0.05, 0) is 48.1 Å². The molecule has 5 heteroatoms. The van der Waals surface area contributed by atoms with Crippen molar-refractivity contribution in [1.82, 2.24) is 10.3 Å². The molecule has 0 saturated carbocycles. The van der Waals surface area contributed by atoms with E-state index in [9.17, 15) is 14.0 Å². The van der Waals surface area contributed by atoms with E-state index in [2.05, 4.69) is 10.3 Å². The largest absolute Gasteiger partial charge is 0.356 e. The van der Waals surface area contributed by atoms with Gasteiger partial charge in [0.05, 0.1) is 0 Å². The number of para-hydroxylation sites is 1. The SMILES string of the molecule is O=C(CCc1cc2ccccc2[nH]c1=O)NCCc1ccc(F)cc1. The van der Waals surface area contributed by atoms with Crippen LogP contribution in [-0.4, -0.2) is 17.4 Å². The molecule has 128 valence electrons. The smallest absolute Gasteiger partial charge is 0.251 e. The molecule has 3 rings (SSSR count). The van der Waals surface area contributed by atoms with Gasteiger partial charge in [0.2, 0.25) is 5.91 Å². The number of aryl methyl sites for hydroxylation is 1. The summed E-state index contributed by atoms with van der Waals surface area (Å²) < 4.78 is 12.8. The van der Waals surface area contributed by atoms with Crippen LogP contribution in [0.3, 0.4) is 0 Å². The van der Waals surface area contributed by atoms with Crippen LogP contribution < -0.4 is 10.9 Å². The molecular formula is C20H19FN2O2. The predicted molar refractivity (Wildman–Crippen MR) is 96.0 cm³/mol. The van der Waals surface area contributed by atoms with Gasteiger partial charge in [-0.25, -0.2) is 4.39 Å². The van der Waals surface area contributed by atoms with E-state index < -0.39 is 0 Å². The molecular weight excluding hydrogens is 319 g/mol. The monoisotopic (exact) mass is 338 g/mol. The van der Waals surface area contributed by atoms with Gasteiger partial charge in [0.15, 0.2) is 0 Å². The number of H-pyrrole nitrogens is 1. The molecule has 1 aromatic heterocycles. The van der Waals surface area contributed by atoms with Crippen molar-refractivity contribution in [3.8, 4) is 0 Å². The van der Waals surface area contributed by atoms with Crippen LogP contribution in [0.2, 0.25) is 0 Å². The molecule has 2 aromatic carbocycles. The first-order chi connectivity index (χ1) is 12.1. The summed E-state index contributed by atoms with van der Waals surface area (Å²) in [6.07, 6.45) is 1.29. The molecule has 2 N–H and O–H groups in total. The number of halogens is 1. The van der Waals surface area contributed by atoms with E-state index in [1.165, 1.54) is 12.1 Å². The minimum Gasteiger partial charge on any atom is -0.356 e. The van der Waals surface area contributed by atoms with Gasteiger partial charge < -0.3 is 10.3 Å². The quantitative estimate of drug-likeness (QED) is 0.726. The molecule has 0 saturated heterocycles. The van der Waals surface area contributed by atoms with Crippen LogP contribution in [0.25, 0.3) is 10.9 Å². The lowest BCUT2D eigenvalue weighted by atomic mass is 10.1. The minimum atomic E-state index is -0.270. The molecule has 0 spiro atoms. The van der Waals surface area contributed by atoms with Crippen molar-refractivity contribution < 1.29 is 9.18 Å². The highest BCUT2D eigenvalue weighted by atomic mass is 19.1. The minimum absolute atomic E-state index is 0.102. The number of fused-ring (bicyclic) bond motifs is 1. The van der Waals surface area contributed by atoms with Crippen molar-refractivity contribution in [2.75, 3.05) is 6.54 Å². The van der Waals surface area contributed by atoms with E-state index in [0.717, 1.165) is 16.5 Å². The molecule has 25 heavy (non-hydrogen) atoms. The molecule has 0 bridgehead atoms. The maximum atomic E-state index is 12.8. The first kappa shape index (κ1) is 16.9. The lowest BCUT2D eigenvalue weighted by Crippen LogP contribution is -2.26. The van der Waals surface area contributed by atoms with Crippen molar-refractivity contribution >= 4 is 16.8 Å². The summed E-state index contributed by atoms with van der Waals surface area (Å²) in [7, 11) is 0. The number of hydrogen-bond acceptors (Lipinski definition) is 2. The molecule has 0 atom stereocenters. The lowest BCUT2D eigenvalue weighted by molar-refractivity contribution is -0.121. The van der Waals surface area contributed by atoms with Gasteiger partial charge in [-0.15, -0.1) is 0 Å². The van der Waals surface area contributed by atoms with Crippen LogP contribution >= 0.6 is 0 Å². The van der Waals surface area contributed by atoms with E-state index in [0.29, 0.717) is 24.9 Å². The second-order valence-corrected chi connectivity index (χ2v) is 5.94. The van der Waals surface area contributed by atoms with Gasteiger partial charge in [0, 0.05) is 24.0 Å². The summed E-state index contributed by atoms with van der Waals surface area (Å²) in [6.45, 7) is 0.485. The highest BCUT2D eigenvalue weighted by molar-refractivity contribution is 5.79. The van der Waals surface area contributed by atoms with Crippen LogP contribution in [0, 0.1) is 5.82 Å². The Morgan fingerprint density at radius 2 is 1.80 bits per heavy atom. The molecule has 0 aliphatic carbocycles. The maximum Gasteiger partial charge on any atom is 0.251 e. The predicted octanol–water partition coefficient (Wildman–Crippen LogP) is 2.96. The maximum absolute atomic E-state index is 12.8. The zero-order valence-electron chi connectivity index (χ0n) is 13.7. The Balaban J connectivity index is 1.51. The molecule has 0 radical (unpaired) electrons. The Hall–Kier alpha value is -2.95. The third-order valence-electron chi connectivity index (χ3n) is 4.10. The zero-order chi connectivity index (χ0) is 17.6. The van der Waals surface area contributed by atoms with Crippen LogP contribution in [0.5, 0.6) is 0 Å². The van der Waals surface area contributed by atoms with Gasteiger partial charge in [0.25, 0.3) is 5.56 Å². The first-order valence-corrected chi connectivity index (χ1v) is 8.24. The van der Waals surface area contributed by atoms with Gasteiger partial charge >= 0.3 is 0 Å². The first-order valence-electron chi connectivity index (χ1n) is 8.24. The Kier molecular flexibility index (Phi) is 5.23. The fourth-order valence-corrected chi connectivity index (χ4v) is 2.71. The summed E-state index contributed by atoms with van der Waals surface area (Å²) in [5, 5.41) is 3.78. The molecule has 1 heterocycles. The summed E-state index contributed by atoms with van der Waals surface area (Å²) >= 11 is 0. The zero-order valence-corrected chi connectivity index (χ0v) is 13.7. The Morgan fingerprint density at radius 1 is 1.04 bits per heavy atom. The van der Waals surface area contributed by atoms with Gasteiger partial charge in [-0.2, -0.15) is 0 Å². The number of carbonyl (C=O) groups excluding carboxylic acids is 1. The normalized spacial score (nSPS) is 10.8. The van der Waals surface area contributed by atoms with E-state index in [1.54, 1.807) is 12.1 Å². The van der Waals surface area contributed by atoms with Crippen molar-refractivity contribution in [2.24, 2.45) is 0 Å². The topological polar surface area (TPSA) is 62.0 Å². The Labute approximate surface area is 144 Å². The number of benzene rings is 2. The lowest BCUT2D eigenvalue weighted by Gasteiger charge is -2.06. The molecule has 3 aromatic rings. The standard InChI is InChI=1S/C20H19FN2O2/c21-17-8-5-14(6-9-17)11-12-22-19(24)10-7-16-13-15-3-1-2-4-18(15)23-20(16)25/h1-6,8-9,13H,7,10-12H2,(H,22,24)(H,23,25). The van der Waals surface area contributed by atoms with Crippen LogP contribution in [0.1, 0.15) is 17.5 Å². The molecule has 0 unspecified atom stereocenters. The second-order valence-electron chi connectivity index (χ2n) is 5.94. The third kappa shape index (κ3) is 4.53. The average molecular weight is 338 g/mol. The number of pyridine rings is 1. The van der Waals surface area contributed by atoms with Crippen LogP contribution in [0.4, 0.5) is 4.39 Å². The highest BCUT2D eigenvalue weighted by Gasteiger charge is 2.06. The number of aromatic nitrogens is 1. The number of carbonyl (C=O) groups is 1. The second kappa shape index (κ2) is 7.75. The number of aromatic amines is 1. The van der Waals surface area contributed by atoms with E-state index in [-0.39, 0.29) is 23.7 Å². The Morgan fingerprint density at radius 3 is 2.60 bits per heavy atom. The Bertz CT molecular complexity index is 932. The molecule has 0 fully saturated rings. The molecule has 4 nitrogen and oxygen atoms in total. The van der Waals surface area contributed by atoms with Gasteiger partial charge in [0.1, 0.15) is 5.82 Å². The number of amides is 1. The van der Waals surface area contributed by atoms with E-state index >= 15 is 0 Å². The summed E-state index contributed by atoms with van der Waals surface area (Å²) in [5.74, 6) is -0.372. The fraction of sp³-hybridized carbons (Fsp3) is 0.200. The van der Waals surface area contributed by atoms with Crippen molar-refractivity contribution in [2.45, 2.75) is 19.3 Å². The summed E-state index contributed by atoms with van der Waals surface area (Å²) in [4.78, 5) is 26.8. The van der Waals surface area contributed by atoms with E-state index in [4.69, 9.17) is 0 Å². The number of rotatable bonds is 6. The highest BCUT2D eigenvalue weighted by Crippen LogP contribution is 2.11. The third-order valence-corrected chi connectivity index (χ3v) is 4.10. The summed E-state index contributed by atoms with van der Waals surface area (Å²) in [5.41, 5.74) is 2.21. The summed E-state index contributed by atoms with van der Waals surface area (Å²) in [6, 6.07) is 15.6. The number of nitrogens with one attached hydrogen (secondary N) is 2. The average Bonchev–Trinajstić information content (AvgIpc) is 2.61. The fourth-order valence-electron chi connectivity index (χ4n) is 2.71. The van der Waals surface area contributed by atoms with Crippen LogP contribution in [-0.2, 0) is 17.6 Å². The van der Waals surface area contributed by atoms with Crippen molar-refractivity contribution in [3.05, 3.63) is 81.9 Å². The van der Waals surface area contributed by atoms with Crippen molar-refractivity contribution in [1.29, 1.82) is 0 Å². The van der Waals surface area contributed by atoms with Crippen LogP contribution in [0.15, 0.2) is 59.4 Å².